The summed E-state index contributed by atoms with van der Waals surface area (Å²) in [6, 6.07) is 31.6. The van der Waals surface area contributed by atoms with Crippen LogP contribution in [-0.4, -0.2) is 33.9 Å². The molecule has 0 amide bonds. The number of imidazole rings is 1. The van der Waals surface area contributed by atoms with Crippen LogP contribution < -0.4 is 18.3 Å². The number of aryl methyl sites for hydroxylation is 1. The first-order valence-electron chi connectivity index (χ1n) is 17.9. The van der Waals surface area contributed by atoms with Gasteiger partial charge in [0.2, 0.25) is 5.69 Å². The topological polar surface area (TPSA) is 81.8 Å². The molecular formula is C42H44N7O3P+4. The minimum Gasteiger partial charge on any atom is -0.309 e. The molecule has 0 fully saturated rings. The van der Waals surface area contributed by atoms with Crippen LogP contribution >= 0.6 is 7.60 Å². The summed E-state index contributed by atoms with van der Waals surface area (Å²) in [4.78, 5) is 9.09. The summed E-state index contributed by atoms with van der Waals surface area (Å²) >= 11 is 0. The fourth-order valence-electron chi connectivity index (χ4n) is 6.19. The van der Waals surface area contributed by atoms with Crippen LogP contribution in [0.1, 0.15) is 25.2 Å². The average molecular weight is 726 g/mol. The second-order valence-electron chi connectivity index (χ2n) is 12.6. The van der Waals surface area contributed by atoms with Crippen molar-refractivity contribution in [3.63, 3.8) is 0 Å². The first-order valence-corrected chi connectivity index (χ1v) is 19.6. The molecule has 6 heterocycles. The maximum atomic E-state index is 12.8. The second-order valence-corrected chi connectivity index (χ2v) is 14.8. The summed E-state index contributed by atoms with van der Waals surface area (Å²) in [7, 11) is -3.07. The van der Waals surface area contributed by atoms with E-state index in [1.165, 1.54) is 0 Å². The van der Waals surface area contributed by atoms with Crippen molar-refractivity contribution in [1.82, 2.24) is 14.5 Å². The Bertz CT molecular complexity index is 2250. The average Bonchev–Trinajstić information content (AvgIpc) is 3.74. The lowest BCUT2D eigenvalue weighted by atomic mass is 10.1. The van der Waals surface area contributed by atoms with Gasteiger partial charge in [0.1, 0.15) is 17.5 Å². The Morgan fingerprint density at radius 1 is 0.623 bits per heavy atom. The van der Waals surface area contributed by atoms with E-state index in [1.807, 2.05) is 41.6 Å². The van der Waals surface area contributed by atoms with Crippen molar-refractivity contribution in [2.24, 2.45) is 0 Å². The lowest BCUT2D eigenvalue weighted by molar-refractivity contribution is -0.692. The number of pyridine rings is 5. The summed E-state index contributed by atoms with van der Waals surface area (Å²) in [5.41, 5.74) is 8.74. The number of benzene rings is 1. The van der Waals surface area contributed by atoms with Crippen LogP contribution in [0.25, 0.3) is 33.6 Å². The van der Waals surface area contributed by atoms with Crippen molar-refractivity contribution in [2.45, 2.75) is 33.5 Å². The molecule has 53 heavy (non-hydrogen) atoms. The smallest absolute Gasteiger partial charge is 0.309 e. The van der Waals surface area contributed by atoms with Gasteiger partial charge < -0.3 is 13.6 Å². The zero-order chi connectivity index (χ0) is 36.5. The van der Waals surface area contributed by atoms with Gasteiger partial charge in [-0.3, -0.25) is 4.57 Å². The van der Waals surface area contributed by atoms with E-state index >= 15 is 0 Å². The van der Waals surface area contributed by atoms with Gasteiger partial charge in [0.05, 0.1) is 19.5 Å². The molecule has 0 unspecified atom stereocenters. The van der Waals surface area contributed by atoms with E-state index in [-0.39, 0.29) is 0 Å². The number of nitrogens with zero attached hydrogens (tertiary/aromatic N) is 7. The number of rotatable bonds is 15. The highest BCUT2D eigenvalue weighted by atomic mass is 31.2. The van der Waals surface area contributed by atoms with Crippen LogP contribution in [0.2, 0.25) is 0 Å². The van der Waals surface area contributed by atoms with Gasteiger partial charge in [0.15, 0.2) is 69.2 Å². The quantitative estimate of drug-likeness (QED) is 0.0943. The molecule has 266 valence electrons. The SMILES string of the molecule is CCOP(=O)(CC[n+]1ccc(-c2cc[n+](Cc3cccc(C[n+]4ccc(-c5cc[n+](-c6ccc(-n7ccnc7)cc6)cc5)cc4)n3)cc2)cc1)OCC. The molecule has 0 radical (unpaired) electrons. The summed E-state index contributed by atoms with van der Waals surface area (Å²) in [5, 5.41) is 0. The van der Waals surface area contributed by atoms with Gasteiger partial charge >= 0.3 is 7.60 Å². The van der Waals surface area contributed by atoms with Gasteiger partial charge in [-0.25, -0.2) is 14.5 Å². The van der Waals surface area contributed by atoms with E-state index in [4.69, 9.17) is 14.0 Å². The molecule has 0 saturated heterocycles. The number of hydrogen-bond acceptors (Lipinski definition) is 5. The number of aromatic nitrogens is 7. The Morgan fingerprint density at radius 2 is 1.11 bits per heavy atom. The van der Waals surface area contributed by atoms with Crippen molar-refractivity contribution < 1.29 is 31.9 Å². The highest BCUT2D eigenvalue weighted by Gasteiger charge is 2.25. The minimum atomic E-state index is -3.07. The molecule has 0 spiro atoms. The molecule has 11 heteroatoms. The first-order chi connectivity index (χ1) is 26.0. The van der Waals surface area contributed by atoms with Gasteiger partial charge in [0.25, 0.3) is 0 Å². The van der Waals surface area contributed by atoms with Crippen molar-refractivity contribution in [1.29, 1.82) is 0 Å². The fraction of sp³-hybridized carbons (Fsp3) is 0.190. The zero-order valence-corrected chi connectivity index (χ0v) is 31.0. The zero-order valence-electron chi connectivity index (χ0n) is 30.1. The summed E-state index contributed by atoms with van der Waals surface area (Å²) in [6.45, 7) is 6.31. The van der Waals surface area contributed by atoms with E-state index in [1.54, 1.807) is 12.5 Å². The predicted molar refractivity (Wildman–Crippen MR) is 201 cm³/mol. The van der Waals surface area contributed by atoms with Crippen LogP contribution in [0.4, 0.5) is 0 Å². The van der Waals surface area contributed by atoms with E-state index < -0.39 is 7.60 Å². The summed E-state index contributed by atoms with van der Waals surface area (Å²) in [6.07, 6.45) is 22.4. The van der Waals surface area contributed by atoms with Gasteiger partial charge in [-0.15, -0.1) is 0 Å². The monoisotopic (exact) mass is 725 g/mol. The Hall–Kier alpha value is -5.67. The molecule has 6 aromatic heterocycles. The van der Waals surface area contributed by atoms with E-state index in [0.717, 1.165) is 45.0 Å². The lowest BCUT2D eigenvalue weighted by Crippen LogP contribution is -2.35. The minimum absolute atomic E-state index is 0.338. The Morgan fingerprint density at radius 3 is 1.58 bits per heavy atom. The van der Waals surface area contributed by atoms with Gasteiger partial charge in [-0.05, 0) is 60.4 Å². The third-order valence-electron chi connectivity index (χ3n) is 8.96. The molecule has 7 rings (SSSR count). The normalized spacial score (nSPS) is 11.5. The van der Waals surface area contributed by atoms with Crippen LogP contribution in [0.15, 0.2) is 159 Å². The van der Waals surface area contributed by atoms with Crippen LogP contribution in [-0.2, 0) is 33.2 Å². The molecule has 0 aliphatic heterocycles. The Labute approximate surface area is 310 Å². The highest BCUT2D eigenvalue weighted by Crippen LogP contribution is 2.47. The van der Waals surface area contributed by atoms with Crippen molar-refractivity contribution in [3.05, 3.63) is 171 Å². The van der Waals surface area contributed by atoms with Crippen molar-refractivity contribution >= 4 is 7.60 Å². The highest BCUT2D eigenvalue weighted by molar-refractivity contribution is 7.53. The lowest BCUT2D eigenvalue weighted by Gasteiger charge is -2.15. The molecule has 0 aliphatic rings. The second kappa shape index (κ2) is 16.8. The van der Waals surface area contributed by atoms with Gasteiger partial charge in [-0.1, -0.05) is 6.07 Å². The summed E-state index contributed by atoms with van der Waals surface area (Å²) in [5.74, 6) is 0. The third kappa shape index (κ3) is 9.23. The van der Waals surface area contributed by atoms with Gasteiger partial charge in [-0.2, -0.15) is 13.7 Å². The Kier molecular flexibility index (Phi) is 11.3. The van der Waals surface area contributed by atoms with Crippen molar-refractivity contribution in [2.75, 3.05) is 19.4 Å². The predicted octanol–water partition coefficient (Wildman–Crippen LogP) is 6.10. The molecule has 0 bridgehead atoms. The molecule has 0 aliphatic carbocycles. The van der Waals surface area contributed by atoms with E-state index in [0.29, 0.717) is 39.0 Å². The molecule has 0 saturated carbocycles. The fourth-order valence-corrected chi connectivity index (χ4v) is 7.78. The molecule has 7 aromatic rings. The first kappa shape index (κ1) is 35.7. The molecule has 1 aromatic carbocycles. The van der Waals surface area contributed by atoms with E-state index in [9.17, 15) is 4.57 Å². The standard InChI is InChI=1S/C42H44N7O3P/c1-3-51-53(50,52-4-2)31-30-45-21-12-35(13-22-45)36-14-23-46(24-15-36)32-39-6-5-7-40(44-39)33-47-25-16-37(17-26-47)38-18-27-48(28-19-38)41-8-10-42(11-9-41)49-29-20-43-34-49/h5-29,34H,3-4,30-33H2,1-2H3/q+4. The third-order valence-corrected chi connectivity index (χ3v) is 11.0. The van der Waals surface area contributed by atoms with Crippen molar-refractivity contribution in [3.8, 4) is 33.6 Å². The summed E-state index contributed by atoms with van der Waals surface area (Å²) < 4.78 is 34.0. The maximum Gasteiger partial charge on any atom is 0.337 e. The van der Waals surface area contributed by atoms with Crippen LogP contribution in [0, 0.1) is 0 Å². The molecule has 0 N–H and O–H groups in total. The Balaban J connectivity index is 0.928. The maximum absolute atomic E-state index is 12.8. The number of hydrogen-bond donors (Lipinski definition) is 0. The van der Waals surface area contributed by atoms with Crippen LogP contribution in [0.3, 0.4) is 0 Å². The van der Waals surface area contributed by atoms with E-state index in [2.05, 4.69) is 147 Å². The van der Waals surface area contributed by atoms with Gasteiger partial charge in [0, 0.05) is 78.7 Å². The van der Waals surface area contributed by atoms with Crippen LogP contribution in [0.5, 0.6) is 0 Å². The largest absolute Gasteiger partial charge is 0.337 e. The molecule has 10 nitrogen and oxygen atoms in total. The molecular weight excluding hydrogens is 681 g/mol. The molecule has 0 atom stereocenters.